The van der Waals surface area contributed by atoms with Gasteiger partial charge >= 0.3 is 0 Å². The maximum Gasteiger partial charge on any atom is 0.221 e. The van der Waals surface area contributed by atoms with E-state index in [-0.39, 0.29) is 34.2 Å². The molecule has 1 aromatic heterocycles. The molecule has 0 unspecified atom stereocenters. The number of aromatic hydroxyl groups is 1. The smallest absolute Gasteiger partial charge is 0.221 e. The van der Waals surface area contributed by atoms with Gasteiger partial charge in [0, 0.05) is 17.9 Å². The molecule has 0 saturated carbocycles. The number of hydrogen-bond acceptors (Lipinski definition) is 5. The van der Waals surface area contributed by atoms with Crippen LogP contribution in [-0.4, -0.2) is 27.6 Å². The monoisotopic (exact) mass is 346 g/mol. The molecule has 0 spiro atoms. The van der Waals surface area contributed by atoms with Crippen LogP contribution in [-0.2, 0) is 4.79 Å². The number of carbonyl (C=O) groups excluding carboxylic acids is 3. The number of nitrogens with one attached hydrogen (secondary N) is 1. The van der Waals surface area contributed by atoms with E-state index in [9.17, 15) is 19.5 Å². The van der Waals surface area contributed by atoms with Gasteiger partial charge in [-0.1, -0.05) is 30.3 Å². The number of fused-ring (bicyclic) bond motifs is 2. The van der Waals surface area contributed by atoms with E-state index in [0.29, 0.717) is 10.9 Å². The first-order chi connectivity index (χ1) is 12.5. The van der Waals surface area contributed by atoms with Crippen LogP contribution in [0.25, 0.3) is 10.9 Å². The van der Waals surface area contributed by atoms with Crippen molar-refractivity contribution < 1.29 is 19.5 Å². The number of para-hydroxylation sites is 1. The Balaban J connectivity index is 1.87. The first-order valence-electron chi connectivity index (χ1n) is 8.05. The summed E-state index contributed by atoms with van der Waals surface area (Å²) < 4.78 is 0. The van der Waals surface area contributed by atoms with E-state index in [1.165, 1.54) is 13.0 Å². The highest BCUT2D eigenvalue weighted by atomic mass is 16.3. The van der Waals surface area contributed by atoms with Crippen molar-refractivity contribution in [2.24, 2.45) is 0 Å². The van der Waals surface area contributed by atoms with E-state index in [0.717, 1.165) is 0 Å². The summed E-state index contributed by atoms with van der Waals surface area (Å²) in [4.78, 5) is 41.6. The summed E-state index contributed by atoms with van der Waals surface area (Å²) in [5.74, 6) is -2.68. The number of nitrogens with zero attached hydrogens (tertiary/aromatic N) is 1. The Morgan fingerprint density at radius 3 is 2.62 bits per heavy atom. The van der Waals surface area contributed by atoms with Crippen LogP contribution >= 0.6 is 0 Å². The number of rotatable bonds is 2. The van der Waals surface area contributed by atoms with Gasteiger partial charge in [-0.3, -0.25) is 14.4 Å². The molecule has 0 aliphatic heterocycles. The van der Waals surface area contributed by atoms with Gasteiger partial charge in [0.15, 0.2) is 11.6 Å². The Bertz CT molecular complexity index is 1100. The molecule has 1 atom stereocenters. The highest BCUT2D eigenvalue weighted by Gasteiger charge is 2.43. The number of pyridine rings is 1. The molecule has 128 valence electrons. The average molecular weight is 346 g/mol. The molecule has 4 rings (SSSR count). The topological polar surface area (TPSA) is 96.4 Å². The first kappa shape index (κ1) is 16.0. The highest BCUT2D eigenvalue weighted by molar-refractivity contribution is 6.32. The van der Waals surface area contributed by atoms with Crippen molar-refractivity contribution in [1.82, 2.24) is 4.98 Å². The number of benzene rings is 2. The summed E-state index contributed by atoms with van der Waals surface area (Å²) >= 11 is 0. The van der Waals surface area contributed by atoms with Crippen molar-refractivity contribution >= 4 is 34.1 Å². The summed E-state index contributed by atoms with van der Waals surface area (Å²) in [6, 6.07) is 13.3. The molecular weight excluding hydrogens is 332 g/mol. The van der Waals surface area contributed by atoms with Gasteiger partial charge in [-0.15, -0.1) is 0 Å². The Morgan fingerprint density at radius 1 is 1.08 bits per heavy atom. The Kier molecular flexibility index (Phi) is 3.54. The number of hydrogen-bond donors (Lipinski definition) is 2. The second-order valence-corrected chi connectivity index (χ2v) is 6.16. The first-order valence-corrected chi connectivity index (χ1v) is 8.05. The van der Waals surface area contributed by atoms with Gasteiger partial charge in [-0.2, -0.15) is 0 Å². The SMILES string of the molecule is CC(=O)Nc1cccc2c1C(=O)[C@@H](c1nc3ccccc3cc1O)C2=O. The van der Waals surface area contributed by atoms with E-state index in [1.807, 2.05) is 6.07 Å². The van der Waals surface area contributed by atoms with Gasteiger partial charge < -0.3 is 10.4 Å². The molecule has 6 nitrogen and oxygen atoms in total. The van der Waals surface area contributed by atoms with Crippen molar-refractivity contribution in [1.29, 1.82) is 0 Å². The third-order valence-electron chi connectivity index (χ3n) is 4.42. The molecule has 2 aromatic carbocycles. The summed E-state index contributed by atoms with van der Waals surface area (Å²) in [7, 11) is 0. The predicted molar refractivity (Wildman–Crippen MR) is 95.6 cm³/mol. The van der Waals surface area contributed by atoms with Gasteiger partial charge in [0.05, 0.1) is 16.8 Å². The number of amides is 1. The van der Waals surface area contributed by atoms with Crippen molar-refractivity contribution in [3.8, 4) is 5.75 Å². The summed E-state index contributed by atoms with van der Waals surface area (Å²) in [5.41, 5.74) is 1.28. The van der Waals surface area contributed by atoms with Crippen LogP contribution in [0.4, 0.5) is 5.69 Å². The lowest BCUT2D eigenvalue weighted by Crippen LogP contribution is -2.15. The zero-order valence-electron chi connectivity index (χ0n) is 13.8. The molecule has 1 aliphatic carbocycles. The number of aromatic nitrogens is 1. The van der Waals surface area contributed by atoms with E-state index in [4.69, 9.17) is 0 Å². The minimum absolute atomic E-state index is 0.0312. The van der Waals surface area contributed by atoms with Crippen molar-refractivity contribution in [3.63, 3.8) is 0 Å². The minimum atomic E-state index is -1.22. The summed E-state index contributed by atoms with van der Waals surface area (Å²) in [6.45, 7) is 1.33. The minimum Gasteiger partial charge on any atom is -0.506 e. The molecule has 3 aromatic rings. The zero-order valence-corrected chi connectivity index (χ0v) is 13.8. The molecule has 26 heavy (non-hydrogen) atoms. The molecule has 1 aliphatic rings. The highest BCUT2D eigenvalue weighted by Crippen LogP contribution is 2.40. The molecule has 1 amide bonds. The quantitative estimate of drug-likeness (QED) is 0.695. The van der Waals surface area contributed by atoms with E-state index < -0.39 is 17.5 Å². The zero-order chi connectivity index (χ0) is 18.4. The van der Waals surface area contributed by atoms with Crippen LogP contribution in [0.1, 0.15) is 39.3 Å². The van der Waals surface area contributed by atoms with Gasteiger partial charge in [-0.25, -0.2) is 4.98 Å². The lowest BCUT2D eigenvalue weighted by atomic mass is 9.97. The van der Waals surface area contributed by atoms with Crippen LogP contribution in [0.5, 0.6) is 5.75 Å². The largest absolute Gasteiger partial charge is 0.506 e. The standard InChI is InChI=1S/C20H14N2O4/c1-10(23)21-14-8-4-6-12-16(14)20(26)17(19(12)25)18-15(24)9-11-5-2-3-7-13(11)22-18/h2-9,17,24H,1H3,(H,21,23)/t17-/m0/s1. The van der Waals surface area contributed by atoms with Crippen LogP contribution in [0.3, 0.4) is 0 Å². The second kappa shape index (κ2) is 5.77. The Labute approximate surface area is 148 Å². The van der Waals surface area contributed by atoms with Crippen molar-refractivity contribution in [2.75, 3.05) is 5.32 Å². The molecule has 2 N–H and O–H groups in total. The molecule has 1 heterocycles. The summed E-state index contributed by atoms with van der Waals surface area (Å²) in [6.07, 6.45) is 0. The van der Waals surface area contributed by atoms with Gasteiger partial charge in [0.2, 0.25) is 5.91 Å². The van der Waals surface area contributed by atoms with Crippen LogP contribution in [0.2, 0.25) is 0 Å². The fourth-order valence-corrected chi connectivity index (χ4v) is 3.32. The molecule has 0 radical (unpaired) electrons. The number of Topliss-reactive ketones (excluding diaryl/α,β-unsaturated/α-hetero) is 2. The summed E-state index contributed by atoms with van der Waals surface area (Å²) in [5, 5.41) is 13.7. The Morgan fingerprint density at radius 2 is 1.85 bits per heavy atom. The van der Waals surface area contributed by atoms with Crippen LogP contribution in [0.15, 0.2) is 48.5 Å². The maximum absolute atomic E-state index is 13.0. The van der Waals surface area contributed by atoms with Crippen LogP contribution in [0, 0.1) is 0 Å². The predicted octanol–water partition coefficient (Wildman–Crippen LogP) is 3.06. The number of carbonyl (C=O) groups is 3. The lowest BCUT2D eigenvalue weighted by Gasteiger charge is -2.10. The van der Waals surface area contributed by atoms with Gasteiger partial charge in [0.1, 0.15) is 17.4 Å². The van der Waals surface area contributed by atoms with Gasteiger partial charge in [-0.05, 0) is 18.2 Å². The van der Waals surface area contributed by atoms with Crippen molar-refractivity contribution in [3.05, 3.63) is 65.4 Å². The number of ketones is 2. The van der Waals surface area contributed by atoms with E-state index in [1.54, 1.807) is 36.4 Å². The molecule has 0 bridgehead atoms. The van der Waals surface area contributed by atoms with Crippen molar-refractivity contribution in [2.45, 2.75) is 12.8 Å². The maximum atomic E-state index is 13.0. The van der Waals surface area contributed by atoms with Crippen LogP contribution < -0.4 is 5.32 Å². The fraction of sp³-hybridized carbons (Fsp3) is 0.100. The van der Waals surface area contributed by atoms with E-state index in [2.05, 4.69) is 10.3 Å². The molecule has 0 saturated heterocycles. The normalized spacial score (nSPS) is 16.0. The number of anilines is 1. The fourth-order valence-electron chi connectivity index (χ4n) is 3.32. The second-order valence-electron chi connectivity index (χ2n) is 6.16. The van der Waals surface area contributed by atoms with E-state index >= 15 is 0 Å². The Hall–Kier alpha value is -3.54. The third kappa shape index (κ3) is 2.35. The molecule has 6 heteroatoms. The lowest BCUT2D eigenvalue weighted by molar-refractivity contribution is -0.114. The van der Waals surface area contributed by atoms with Gasteiger partial charge in [0.25, 0.3) is 0 Å². The average Bonchev–Trinajstić information content (AvgIpc) is 2.86. The molecule has 0 fully saturated rings. The third-order valence-corrected chi connectivity index (χ3v) is 4.42. The molecular formula is C20H14N2O4.